The third-order valence-corrected chi connectivity index (χ3v) is 2.83. The number of carbonyl (C=O) groups is 2. The Balaban J connectivity index is 2.27. The SMILES string of the molecule is CC1(C)OC(=O)C(=CNc2cc(F)c(C(F)(F)F)c(F)c2)C(=O)O1. The second-order valence-electron chi connectivity index (χ2n) is 5.19. The fraction of sp³-hybridized carbons (Fsp3) is 0.286. The number of hydrogen-bond acceptors (Lipinski definition) is 5. The van der Waals surface area contributed by atoms with Gasteiger partial charge in [-0.15, -0.1) is 0 Å². The van der Waals surface area contributed by atoms with Crippen molar-refractivity contribution in [1.29, 1.82) is 0 Å². The van der Waals surface area contributed by atoms with Crippen LogP contribution >= 0.6 is 0 Å². The van der Waals surface area contributed by atoms with Crippen LogP contribution in [0.3, 0.4) is 0 Å². The van der Waals surface area contributed by atoms with E-state index in [0.717, 1.165) is 6.20 Å². The van der Waals surface area contributed by atoms with Gasteiger partial charge in [-0.25, -0.2) is 18.4 Å². The molecule has 0 atom stereocenters. The summed E-state index contributed by atoms with van der Waals surface area (Å²) in [5.74, 6) is -7.29. The Kier molecular flexibility index (Phi) is 4.25. The van der Waals surface area contributed by atoms with Gasteiger partial charge in [0.15, 0.2) is 5.57 Å². The second-order valence-corrected chi connectivity index (χ2v) is 5.19. The highest BCUT2D eigenvalue weighted by molar-refractivity contribution is 6.15. The normalized spacial score (nSPS) is 17.2. The molecule has 0 aromatic heterocycles. The zero-order valence-corrected chi connectivity index (χ0v) is 12.3. The van der Waals surface area contributed by atoms with Crippen molar-refractivity contribution in [2.75, 3.05) is 5.32 Å². The van der Waals surface area contributed by atoms with E-state index >= 15 is 0 Å². The summed E-state index contributed by atoms with van der Waals surface area (Å²) in [6.07, 6.45) is -4.48. The minimum Gasteiger partial charge on any atom is -0.419 e. The highest BCUT2D eigenvalue weighted by atomic mass is 19.4. The molecule has 1 N–H and O–H groups in total. The molecule has 1 aliphatic heterocycles. The van der Waals surface area contributed by atoms with Gasteiger partial charge in [0.25, 0.3) is 5.79 Å². The molecule has 1 heterocycles. The van der Waals surface area contributed by atoms with Crippen LogP contribution in [0.15, 0.2) is 23.9 Å². The van der Waals surface area contributed by atoms with Gasteiger partial charge >= 0.3 is 18.1 Å². The van der Waals surface area contributed by atoms with Crippen LogP contribution in [0.2, 0.25) is 0 Å². The van der Waals surface area contributed by atoms with Crippen LogP contribution in [-0.4, -0.2) is 17.7 Å². The maximum absolute atomic E-state index is 13.4. The monoisotopic (exact) mass is 351 g/mol. The minimum absolute atomic E-state index is 0.367. The first kappa shape index (κ1) is 17.7. The number of carbonyl (C=O) groups excluding carboxylic acids is 2. The van der Waals surface area contributed by atoms with Gasteiger partial charge in [-0.05, 0) is 12.1 Å². The van der Waals surface area contributed by atoms with Gasteiger partial charge < -0.3 is 14.8 Å². The van der Waals surface area contributed by atoms with E-state index in [1.165, 1.54) is 13.8 Å². The van der Waals surface area contributed by atoms with Crippen molar-refractivity contribution in [3.8, 4) is 0 Å². The molecule has 1 fully saturated rings. The lowest BCUT2D eigenvalue weighted by molar-refractivity contribution is -0.222. The number of ether oxygens (including phenoxy) is 2. The van der Waals surface area contributed by atoms with Crippen molar-refractivity contribution in [2.45, 2.75) is 25.8 Å². The third-order valence-electron chi connectivity index (χ3n) is 2.83. The van der Waals surface area contributed by atoms with Crippen LogP contribution in [0.5, 0.6) is 0 Å². The summed E-state index contributed by atoms with van der Waals surface area (Å²) in [6, 6.07) is 0.735. The molecule has 0 amide bonds. The van der Waals surface area contributed by atoms with Gasteiger partial charge in [0.2, 0.25) is 0 Å². The minimum atomic E-state index is -5.20. The summed E-state index contributed by atoms with van der Waals surface area (Å²) >= 11 is 0. The first-order valence-electron chi connectivity index (χ1n) is 6.40. The smallest absolute Gasteiger partial charge is 0.419 e. The number of halogens is 5. The Hall–Kier alpha value is -2.65. The van der Waals surface area contributed by atoms with E-state index in [2.05, 4.69) is 5.32 Å². The number of hydrogen-bond donors (Lipinski definition) is 1. The van der Waals surface area contributed by atoms with E-state index in [0.29, 0.717) is 12.1 Å². The van der Waals surface area contributed by atoms with Crippen molar-refractivity contribution < 1.29 is 41.0 Å². The number of cyclic esters (lactones) is 2. The van der Waals surface area contributed by atoms with Crippen molar-refractivity contribution >= 4 is 17.6 Å². The molecule has 2 rings (SSSR count). The lowest BCUT2D eigenvalue weighted by atomic mass is 10.1. The van der Waals surface area contributed by atoms with Gasteiger partial charge in [-0.1, -0.05) is 0 Å². The molecule has 0 unspecified atom stereocenters. The summed E-state index contributed by atoms with van der Waals surface area (Å²) < 4.78 is 73.8. The number of esters is 2. The Bertz CT molecular complexity index is 694. The predicted octanol–water partition coefficient (Wildman–Crippen LogP) is 3.12. The van der Waals surface area contributed by atoms with E-state index in [9.17, 15) is 31.5 Å². The number of benzene rings is 1. The first-order chi connectivity index (χ1) is 10.9. The molecule has 24 heavy (non-hydrogen) atoms. The van der Waals surface area contributed by atoms with Crippen LogP contribution in [-0.2, 0) is 25.2 Å². The third kappa shape index (κ3) is 3.63. The Morgan fingerprint density at radius 1 is 1.04 bits per heavy atom. The van der Waals surface area contributed by atoms with Crippen LogP contribution in [0.1, 0.15) is 19.4 Å². The number of nitrogens with one attached hydrogen (secondary N) is 1. The van der Waals surface area contributed by atoms with Gasteiger partial charge in [0, 0.05) is 25.7 Å². The molecule has 1 aromatic carbocycles. The molecule has 1 aromatic rings. The van der Waals surface area contributed by atoms with Crippen molar-refractivity contribution in [3.05, 3.63) is 41.1 Å². The lowest BCUT2D eigenvalue weighted by Crippen LogP contribution is -2.42. The molecule has 1 aliphatic rings. The van der Waals surface area contributed by atoms with Gasteiger partial charge in [-0.2, -0.15) is 13.2 Å². The maximum Gasteiger partial charge on any atom is 0.422 e. The van der Waals surface area contributed by atoms with Crippen molar-refractivity contribution in [1.82, 2.24) is 0 Å². The lowest BCUT2D eigenvalue weighted by Gasteiger charge is -2.29. The van der Waals surface area contributed by atoms with E-state index in [4.69, 9.17) is 9.47 Å². The van der Waals surface area contributed by atoms with Gasteiger partial charge in [-0.3, -0.25) is 0 Å². The van der Waals surface area contributed by atoms with Crippen LogP contribution in [0.4, 0.5) is 27.6 Å². The molecule has 0 spiro atoms. The largest absolute Gasteiger partial charge is 0.422 e. The topological polar surface area (TPSA) is 64.6 Å². The zero-order valence-electron chi connectivity index (χ0n) is 12.3. The zero-order chi connectivity index (χ0) is 18.3. The Morgan fingerprint density at radius 2 is 1.50 bits per heavy atom. The quantitative estimate of drug-likeness (QED) is 0.384. The summed E-state index contributed by atoms with van der Waals surface area (Å²) in [6.45, 7) is 2.63. The Labute approximate surface area is 132 Å². The van der Waals surface area contributed by atoms with Gasteiger partial charge in [0.05, 0.1) is 0 Å². The van der Waals surface area contributed by atoms with Gasteiger partial charge in [0.1, 0.15) is 17.2 Å². The molecule has 1 saturated heterocycles. The molecule has 0 aliphatic carbocycles. The molecular formula is C14H10F5NO4. The predicted molar refractivity (Wildman–Crippen MR) is 69.3 cm³/mol. The molecule has 0 saturated carbocycles. The second kappa shape index (κ2) is 5.77. The van der Waals surface area contributed by atoms with E-state index in [1.54, 1.807) is 0 Å². The van der Waals surface area contributed by atoms with E-state index < -0.39 is 52.4 Å². The highest BCUT2D eigenvalue weighted by Gasteiger charge is 2.39. The van der Waals surface area contributed by atoms with Crippen LogP contribution in [0, 0.1) is 11.6 Å². The fourth-order valence-electron chi connectivity index (χ4n) is 1.86. The highest BCUT2D eigenvalue weighted by Crippen LogP contribution is 2.35. The summed E-state index contributed by atoms with van der Waals surface area (Å²) in [7, 11) is 0. The van der Waals surface area contributed by atoms with Crippen molar-refractivity contribution in [2.24, 2.45) is 0 Å². The molecular weight excluding hydrogens is 341 g/mol. The summed E-state index contributed by atoms with van der Waals surface area (Å²) in [5, 5.41) is 2.15. The molecule has 10 heteroatoms. The molecule has 130 valence electrons. The standard InChI is InChI=1S/C14H10F5NO4/c1-13(2)23-11(21)7(12(22)24-13)5-20-6-3-8(15)10(9(16)4-6)14(17,18)19/h3-5,20H,1-2H3. The first-order valence-corrected chi connectivity index (χ1v) is 6.40. The van der Waals surface area contributed by atoms with Crippen LogP contribution in [0.25, 0.3) is 0 Å². The van der Waals surface area contributed by atoms with Crippen LogP contribution < -0.4 is 5.32 Å². The molecule has 5 nitrogen and oxygen atoms in total. The summed E-state index contributed by atoms with van der Waals surface area (Å²) in [4.78, 5) is 23.3. The average Bonchev–Trinajstić information content (AvgIpc) is 2.33. The number of rotatable bonds is 2. The fourth-order valence-corrected chi connectivity index (χ4v) is 1.86. The maximum atomic E-state index is 13.4. The average molecular weight is 351 g/mol. The number of alkyl halides is 3. The number of anilines is 1. The molecule has 0 radical (unpaired) electrons. The van der Waals surface area contributed by atoms with E-state index in [1.807, 2.05) is 0 Å². The molecule has 0 bridgehead atoms. The summed E-state index contributed by atoms with van der Waals surface area (Å²) in [5.41, 5.74) is -3.11. The van der Waals surface area contributed by atoms with Crippen molar-refractivity contribution in [3.63, 3.8) is 0 Å². The Morgan fingerprint density at radius 3 is 1.92 bits per heavy atom. The van der Waals surface area contributed by atoms with E-state index in [-0.39, 0.29) is 0 Å².